The Morgan fingerprint density at radius 1 is 1.50 bits per heavy atom. The Balaban J connectivity index is 2.72. The number of ether oxygens (including phenoxy) is 1. The molecule has 0 aromatic rings. The van der Waals surface area contributed by atoms with Crippen molar-refractivity contribution in [1.29, 1.82) is 0 Å². The van der Waals surface area contributed by atoms with Crippen LogP contribution in [0.5, 0.6) is 0 Å². The van der Waals surface area contributed by atoms with Gasteiger partial charge in [0, 0.05) is 0 Å². The molecule has 2 atom stereocenters. The van der Waals surface area contributed by atoms with Crippen LogP contribution in [0, 0.1) is 17.3 Å². The van der Waals surface area contributed by atoms with Crippen molar-refractivity contribution in [2.24, 2.45) is 17.3 Å². The quantitative estimate of drug-likeness (QED) is 0.590. The lowest BCUT2D eigenvalue weighted by molar-refractivity contribution is -0.141. The van der Waals surface area contributed by atoms with Crippen LogP contribution < -0.4 is 0 Å². The van der Waals surface area contributed by atoms with Gasteiger partial charge in [-0.15, -0.1) is 0 Å². The second-order valence-corrected chi connectivity index (χ2v) is 4.40. The molecular formula is C11H15FO4. The fraction of sp³-hybridized carbons (Fsp3) is 0.636. The summed E-state index contributed by atoms with van der Waals surface area (Å²) in [5.41, 5.74) is -0.504. The van der Waals surface area contributed by atoms with E-state index in [1.54, 1.807) is 20.8 Å². The second-order valence-electron chi connectivity index (χ2n) is 4.40. The third kappa shape index (κ3) is 2.23. The number of carbonyl (C=O) groups excluding carboxylic acids is 1. The number of carboxylic acid groups (broad SMARTS) is 1. The van der Waals surface area contributed by atoms with Crippen molar-refractivity contribution in [1.82, 2.24) is 0 Å². The van der Waals surface area contributed by atoms with Crippen molar-refractivity contribution < 1.29 is 23.8 Å². The first-order valence-corrected chi connectivity index (χ1v) is 5.09. The van der Waals surface area contributed by atoms with Crippen LogP contribution in [0.25, 0.3) is 0 Å². The van der Waals surface area contributed by atoms with Gasteiger partial charge in [-0.25, -0.2) is 4.79 Å². The van der Waals surface area contributed by atoms with Crippen LogP contribution in [0.4, 0.5) is 4.39 Å². The number of rotatable bonds is 4. The van der Waals surface area contributed by atoms with Crippen LogP contribution in [0.3, 0.4) is 0 Å². The molecule has 16 heavy (non-hydrogen) atoms. The van der Waals surface area contributed by atoms with Crippen LogP contribution >= 0.6 is 0 Å². The number of carbonyl (C=O) groups is 2. The molecule has 0 aliphatic heterocycles. The zero-order chi connectivity index (χ0) is 12.5. The molecule has 0 aromatic heterocycles. The standard InChI is InChI=1S/C11H15FO4/c1-4-16-10(15)7(12)5-6-8(9(13)14)11(6,2)3/h5-6,8H,4H2,1-3H3,(H,13,14)/b7-5+. The Morgan fingerprint density at radius 3 is 2.44 bits per heavy atom. The predicted octanol–water partition coefficient (Wildman–Crippen LogP) is 1.76. The fourth-order valence-corrected chi connectivity index (χ4v) is 1.89. The van der Waals surface area contributed by atoms with Gasteiger partial charge in [-0.3, -0.25) is 4.79 Å². The number of allylic oxidation sites excluding steroid dienone is 1. The van der Waals surface area contributed by atoms with E-state index in [9.17, 15) is 14.0 Å². The highest BCUT2D eigenvalue weighted by Gasteiger charge is 2.61. The van der Waals surface area contributed by atoms with Gasteiger partial charge < -0.3 is 9.84 Å². The summed E-state index contributed by atoms with van der Waals surface area (Å²) in [7, 11) is 0. The average molecular weight is 230 g/mol. The van der Waals surface area contributed by atoms with Gasteiger partial charge in [0.15, 0.2) is 0 Å². The third-order valence-corrected chi connectivity index (χ3v) is 2.97. The summed E-state index contributed by atoms with van der Waals surface area (Å²) in [6, 6.07) is 0. The van der Waals surface area contributed by atoms with Crippen LogP contribution in [-0.2, 0) is 14.3 Å². The number of halogens is 1. The molecular weight excluding hydrogens is 215 g/mol. The SMILES string of the molecule is CCOC(=O)/C(F)=C\C1C(C(=O)O)C1(C)C. The van der Waals surface area contributed by atoms with Crippen molar-refractivity contribution in [2.45, 2.75) is 20.8 Å². The van der Waals surface area contributed by atoms with Crippen molar-refractivity contribution in [3.8, 4) is 0 Å². The Hall–Kier alpha value is -1.39. The summed E-state index contributed by atoms with van der Waals surface area (Å²) >= 11 is 0. The molecule has 1 aliphatic carbocycles. The lowest BCUT2D eigenvalue weighted by Gasteiger charge is -1.99. The predicted molar refractivity (Wildman–Crippen MR) is 54.2 cm³/mol. The van der Waals surface area contributed by atoms with E-state index in [0.717, 1.165) is 6.08 Å². The van der Waals surface area contributed by atoms with Crippen molar-refractivity contribution in [3.63, 3.8) is 0 Å². The highest BCUT2D eigenvalue weighted by Crippen LogP contribution is 2.59. The van der Waals surface area contributed by atoms with E-state index < -0.39 is 35.0 Å². The molecule has 1 fully saturated rings. The molecule has 1 rings (SSSR count). The molecule has 0 aromatic carbocycles. The Bertz CT molecular complexity index is 346. The van der Waals surface area contributed by atoms with Gasteiger partial charge >= 0.3 is 11.9 Å². The topological polar surface area (TPSA) is 63.6 Å². The third-order valence-electron chi connectivity index (χ3n) is 2.97. The maximum Gasteiger partial charge on any atom is 0.366 e. The first kappa shape index (κ1) is 12.7. The van der Waals surface area contributed by atoms with Crippen molar-refractivity contribution >= 4 is 11.9 Å². The van der Waals surface area contributed by atoms with Gasteiger partial charge in [0.25, 0.3) is 0 Å². The number of carboxylic acids is 1. The minimum absolute atomic E-state index is 0.0938. The highest BCUT2D eigenvalue weighted by atomic mass is 19.1. The molecule has 0 heterocycles. The van der Waals surface area contributed by atoms with E-state index >= 15 is 0 Å². The Labute approximate surface area is 93.1 Å². The first-order valence-electron chi connectivity index (χ1n) is 5.09. The molecule has 1 N–H and O–H groups in total. The van der Waals surface area contributed by atoms with E-state index in [1.165, 1.54) is 0 Å². The zero-order valence-electron chi connectivity index (χ0n) is 9.49. The van der Waals surface area contributed by atoms with Gasteiger partial charge in [-0.05, 0) is 24.3 Å². The zero-order valence-corrected chi connectivity index (χ0v) is 9.49. The van der Waals surface area contributed by atoms with Gasteiger partial charge in [0.05, 0.1) is 12.5 Å². The molecule has 0 radical (unpaired) electrons. The second kappa shape index (κ2) is 4.23. The fourth-order valence-electron chi connectivity index (χ4n) is 1.89. The van der Waals surface area contributed by atoms with Crippen LogP contribution in [-0.4, -0.2) is 23.7 Å². The van der Waals surface area contributed by atoms with E-state index in [4.69, 9.17) is 5.11 Å². The molecule has 1 saturated carbocycles. The number of hydrogen-bond donors (Lipinski definition) is 1. The van der Waals surface area contributed by atoms with Crippen LogP contribution in [0.2, 0.25) is 0 Å². The maximum absolute atomic E-state index is 13.2. The summed E-state index contributed by atoms with van der Waals surface area (Å²) in [4.78, 5) is 21.8. The Morgan fingerprint density at radius 2 is 2.06 bits per heavy atom. The Kier molecular flexibility index (Phi) is 3.35. The van der Waals surface area contributed by atoms with E-state index in [2.05, 4.69) is 4.74 Å². The smallest absolute Gasteiger partial charge is 0.366 e. The molecule has 0 bridgehead atoms. The van der Waals surface area contributed by atoms with Crippen LogP contribution in [0.15, 0.2) is 11.9 Å². The minimum Gasteiger partial charge on any atom is -0.481 e. The maximum atomic E-state index is 13.2. The molecule has 5 heteroatoms. The monoisotopic (exact) mass is 230 g/mol. The summed E-state index contributed by atoms with van der Waals surface area (Å²) in [6.45, 7) is 5.12. The molecule has 2 unspecified atom stereocenters. The molecule has 0 spiro atoms. The molecule has 4 nitrogen and oxygen atoms in total. The lowest BCUT2D eigenvalue weighted by atomic mass is 10.1. The molecule has 90 valence electrons. The molecule has 0 saturated heterocycles. The summed E-state index contributed by atoms with van der Waals surface area (Å²) < 4.78 is 17.7. The van der Waals surface area contributed by atoms with E-state index in [0.29, 0.717) is 0 Å². The van der Waals surface area contributed by atoms with Crippen molar-refractivity contribution in [3.05, 3.63) is 11.9 Å². The van der Waals surface area contributed by atoms with Gasteiger partial charge in [0.1, 0.15) is 0 Å². The van der Waals surface area contributed by atoms with Gasteiger partial charge in [0.2, 0.25) is 5.83 Å². The number of esters is 1. The number of aliphatic carboxylic acids is 1. The first-order chi connectivity index (χ1) is 7.32. The molecule has 0 amide bonds. The van der Waals surface area contributed by atoms with Gasteiger partial charge in [-0.2, -0.15) is 4.39 Å². The summed E-state index contributed by atoms with van der Waals surface area (Å²) in [6.07, 6.45) is 1.05. The largest absolute Gasteiger partial charge is 0.481 e. The molecule has 1 aliphatic rings. The van der Waals surface area contributed by atoms with Gasteiger partial charge in [-0.1, -0.05) is 13.8 Å². The van der Waals surface area contributed by atoms with Crippen molar-refractivity contribution in [2.75, 3.05) is 6.61 Å². The van der Waals surface area contributed by atoms with E-state index in [-0.39, 0.29) is 6.61 Å². The average Bonchev–Trinajstić information content (AvgIpc) is 2.68. The van der Waals surface area contributed by atoms with Crippen LogP contribution in [0.1, 0.15) is 20.8 Å². The highest BCUT2D eigenvalue weighted by molar-refractivity contribution is 5.86. The lowest BCUT2D eigenvalue weighted by Crippen LogP contribution is -2.05. The normalized spacial score (nSPS) is 27.4. The number of hydrogen-bond acceptors (Lipinski definition) is 3. The summed E-state index contributed by atoms with van der Waals surface area (Å²) in [5.74, 6) is -4.09. The summed E-state index contributed by atoms with van der Waals surface area (Å²) in [5, 5.41) is 8.85. The minimum atomic E-state index is -1.03. The van der Waals surface area contributed by atoms with E-state index in [1.807, 2.05) is 0 Å².